The van der Waals surface area contributed by atoms with Crippen molar-refractivity contribution in [3.8, 4) is 0 Å². The standard InChI is InChI=1S/C10H11F2NS/c11-7-1-2-8(12)10-6(7)5-14-4-3-9(10)13/h1-2,9H,3-5,13H2/t9-/m0/s1. The van der Waals surface area contributed by atoms with Crippen LogP contribution in [0.3, 0.4) is 0 Å². The van der Waals surface area contributed by atoms with Crippen LogP contribution in [0.4, 0.5) is 8.78 Å². The van der Waals surface area contributed by atoms with Crippen LogP contribution in [0.15, 0.2) is 12.1 Å². The van der Waals surface area contributed by atoms with E-state index < -0.39 is 0 Å². The third kappa shape index (κ3) is 1.64. The molecule has 1 nitrogen and oxygen atoms in total. The van der Waals surface area contributed by atoms with Gasteiger partial charge in [0.05, 0.1) is 0 Å². The summed E-state index contributed by atoms with van der Waals surface area (Å²) in [6.45, 7) is 0. The average molecular weight is 215 g/mol. The number of hydrogen-bond donors (Lipinski definition) is 1. The average Bonchev–Trinajstić information content (AvgIpc) is 2.35. The predicted molar refractivity (Wildman–Crippen MR) is 54.1 cm³/mol. The van der Waals surface area contributed by atoms with Gasteiger partial charge in [-0.1, -0.05) is 0 Å². The first-order valence-electron chi connectivity index (χ1n) is 4.50. The van der Waals surface area contributed by atoms with E-state index >= 15 is 0 Å². The van der Waals surface area contributed by atoms with E-state index in [9.17, 15) is 8.78 Å². The van der Waals surface area contributed by atoms with Crippen LogP contribution in [0.2, 0.25) is 0 Å². The highest BCUT2D eigenvalue weighted by atomic mass is 32.2. The van der Waals surface area contributed by atoms with Gasteiger partial charge in [0.2, 0.25) is 0 Å². The molecule has 0 amide bonds. The van der Waals surface area contributed by atoms with Gasteiger partial charge in [-0.3, -0.25) is 0 Å². The first-order valence-corrected chi connectivity index (χ1v) is 5.65. The zero-order chi connectivity index (χ0) is 10.1. The van der Waals surface area contributed by atoms with Crippen molar-refractivity contribution in [1.82, 2.24) is 0 Å². The number of thioether (sulfide) groups is 1. The van der Waals surface area contributed by atoms with Gasteiger partial charge in [0.15, 0.2) is 0 Å². The first-order chi connectivity index (χ1) is 6.70. The molecule has 1 atom stereocenters. The molecule has 0 bridgehead atoms. The van der Waals surface area contributed by atoms with Crippen LogP contribution in [0, 0.1) is 11.6 Å². The van der Waals surface area contributed by atoms with Gasteiger partial charge in [-0.15, -0.1) is 0 Å². The summed E-state index contributed by atoms with van der Waals surface area (Å²) in [7, 11) is 0. The molecule has 1 heterocycles. The molecule has 1 aromatic carbocycles. The number of halogens is 2. The first kappa shape index (κ1) is 9.93. The Morgan fingerprint density at radius 2 is 2.00 bits per heavy atom. The van der Waals surface area contributed by atoms with Crippen molar-refractivity contribution in [2.45, 2.75) is 18.2 Å². The predicted octanol–water partition coefficient (Wildman–Crippen LogP) is 2.60. The smallest absolute Gasteiger partial charge is 0.128 e. The zero-order valence-corrected chi connectivity index (χ0v) is 8.41. The molecular weight excluding hydrogens is 204 g/mol. The van der Waals surface area contributed by atoms with Crippen molar-refractivity contribution in [3.63, 3.8) is 0 Å². The fourth-order valence-corrected chi connectivity index (χ4v) is 2.75. The van der Waals surface area contributed by atoms with Crippen molar-refractivity contribution in [2.24, 2.45) is 5.73 Å². The van der Waals surface area contributed by atoms with Gasteiger partial charge >= 0.3 is 0 Å². The number of rotatable bonds is 0. The minimum Gasteiger partial charge on any atom is -0.324 e. The summed E-state index contributed by atoms with van der Waals surface area (Å²) in [6, 6.07) is 1.97. The van der Waals surface area contributed by atoms with E-state index in [1.807, 2.05) is 0 Å². The Bertz CT molecular complexity index is 354. The van der Waals surface area contributed by atoms with Gasteiger partial charge in [-0.2, -0.15) is 11.8 Å². The minimum absolute atomic E-state index is 0.341. The highest BCUT2D eigenvalue weighted by molar-refractivity contribution is 7.98. The van der Waals surface area contributed by atoms with Gasteiger partial charge < -0.3 is 5.73 Å². The van der Waals surface area contributed by atoms with Crippen LogP contribution < -0.4 is 5.73 Å². The molecule has 1 aliphatic heterocycles. The molecule has 2 rings (SSSR count). The summed E-state index contributed by atoms with van der Waals surface area (Å²) in [5.41, 5.74) is 6.61. The van der Waals surface area contributed by atoms with Gasteiger partial charge in [0, 0.05) is 22.9 Å². The van der Waals surface area contributed by atoms with E-state index in [0.717, 1.165) is 11.8 Å². The number of hydrogen-bond acceptors (Lipinski definition) is 2. The minimum atomic E-state index is -0.378. The molecule has 0 radical (unpaired) electrons. The quantitative estimate of drug-likeness (QED) is 0.720. The Morgan fingerprint density at radius 3 is 2.79 bits per heavy atom. The summed E-state index contributed by atoms with van der Waals surface area (Å²) < 4.78 is 26.8. The van der Waals surface area contributed by atoms with Crippen LogP contribution >= 0.6 is 11.8 Å². The molecule has 4 heteroatoms. The molecule has 0 fully saturated rings. The monoisotopic (exact) mass is 215 g/mol. The fraction of sp³-hybridized carbons (Fsp3) is 0.400. The van der Waals surface area contributed by atoms with Crippen molar-refractivity contribution < 1.29 is 8.78 Å². The van der Waals surface area contributed by atoms with Crippen molar-refractivity contribution >= 4 is 11.8 Å². The lowest BCUT2D eigenvalue weighted by Crippen LogP contribution is -2.14. The maximum Gasteiger partial charge on any atom is 0.128 e. The van der Waals surface area contributed by atoms with Crippen LogP contribution in [0.25, 0.3) is 0 Å². The second kappa shape index (κ2) is 3.87. The zero-order valence-electron chi connectivity index (χ0n) is 7.59. The molecule has 1 aliphatic rings. The molecule has 0 aromatic heterocycles. The van der Waals surface area contributed by atoms with Crippen molar-refractivity contribution in [2.75, 3.05) is 5.75 Å². The highest BCUT2D eigenvalue weighted by Gasteiger charge is 2.21. The topological polar surface area (TPSA) is 26.0 Å². The third-order valence-corrected chi connectivity index (χ3v) is 3.45. The molecule has 0 saturated heterocycles. The fourth-order valence-electron chi connectivity index (χ4n) is 1.69. The summed E-state index contributed by atoms with van der Waals surface area (Å²) in [6.07, 6.45) is 0.706. The van der Waals surface area contributed by atoms with E-state index in [1.165, 1.54) is 6.07 Å². The van der Waals surface area contributed by atoms with Gasteiger partial charge in [0.25, 0.3) is 0 Å². The molecule has 0 spiro atoms. The Morgan fingerprint density at radius 1 is 1.29 bits per heavy atom. The van der Waals surface area contributed by atoms with Crippen LogP contribution in [0.1, 0.15) is 23.6 Å². The summed E-state index contributed by atoms with van der Waals surface area (Å²) in [4.78, 5) is 0. The van der Waals surface area contributed by atoms with Crippen LogP contribution in [0.5, 0.6) is 0 Å². The molecule has 0 saturated carbocycles. The highest BCUT2D eigenvalue weighted by Crippen LogP contribution is 2.32. The largest absolute Gasteiger partial charge is 0.324 e. The molecule has 0 aliphatic carbocycles. The van der Waals surface area contributed by atoms with Gasteiger partial charge in [-0.25, -0.2) is 8.78 Å². The van der Waals surface area contributed by atoms with E-state index in [2.05, 4.69) is 0 Å². The molecule has 2 N–H and O–H groups in total. The van der Waals surface area contributed by atoms with Crippen molar-refractivity contribution in [1.29, 1.82) is 0 Å². The Kier molecular flexibility index (Phi) is 2.74. The van der Waals surface area contributed by atoms with E-state index in [4.69, 9.17) is 5.73 Å². The Labute approximate surface area is 85.7 Å². The maximum atomic E-state index is 13.4. The SMILES string of the molecule is N[C@H]1CCSCc2c(F)ccc(F)c21. The van der Waals surface area contributed by atoms with E-state index in [0.29, 0.717) is 23.3 Å². The molecule has 1 aromatic rings. The lowest BCUT2D eigenvalue weighted by atomic mass is 9.99. The normalized spacial score (nSPS) is 21.5. The lowest BCUT2D eigenvalue weighted by Gasteiger charge is -2.13. The molecule has 0 unspecified atom stereocenters. The lowest BCUT2D eigenvalue weighted by molar-refractivity contribution is 0.552. The summed E-state index contributed by atoms with van der Waals surface area (Å²) in [5.74, 6) is 0.657. The van der Waals surface area contributed by atoms with Crippen molar-refractivity contribution in [3.05, 3.63) is 34.9 Å². The number of nitrogens with two attached hydrogens (primary N) is 1. The summed E-state index contributed by atoms with van der Waals surface area (Å²) >= 11 is 1.60. The summed E-state index contributed by atoms with van der Waals surface area (Å²) in [5, 5.41) is 0. The molecule has 76 valence electrons. The Balaban J connectivity index is 2.57. The second-order valence-electron chi connectivity index (χ2n) is 3.37. The van der Waals surface area contributed by atoms with Crippen LogP contribution in [-0.4, -0.2) is 5.75 Å². The van der Waals surface area contributed by atoms with Crippen LogP contribution in [-0.2, 0) is 5.75 Å². The van der Waals surface area contributed by atoms with Gasteiger partial charge in [-0.05, 0) is 24.3 Å². The third-order valence-electron chi connectivity index (χ3n) is 2.44. The number of fused-ring (bicyclic) bond motifs is 1. The molecular formula is C10H11F2NS. The van der Waals surface area contributed by atoms with Gasteiger partial charge in [0.1, 0.15) is 11.6 Å². The number of benzene rings is 1. The van der Waals surface area contributed by atoms with E-state index in [-0.39, 0.29) is 17.7 Å². The molecule has 14 heavy (non-hydrogen) atoms. The maximum absolute atomic E-state index is 13.4. The second-order valence-corrected chi connectivity index (χ2v) is 4.47. The van der Waals surface area contributed by atoms with E-state index in [1.54, 1.807) is 11.8 Å². The Hall–Kier alpha value is -0.610.